The molecule has 1 N–H and O–H groups in total. The number of hydrogen-bond acceptors (Lipinski definition) is 7. The Morgan fingerprint density at radius 2 is 0.695 bits per heavy atom. The fourth-order valence-corrected chi connectivity index (χ4v) is 10.1. The Hall–Kier alpha value is -3.07. The van der Waals surface area contributed by atoms with Gasteiger partial charge in [0.1, 0.15) is 19.8 Å². The van der Waals surface area contributed by atoms with Crippen LogP contribution in [-0.4, -0.2) is 74.9 Å². The van der Waals surface area contributed by atoms with Gasteiger partial charge in [0.15, 0.2) is 6.10 Å². The van der Waals surface area contributed by atoms with Crippen molar-refractivity contribution in [1.82, 2.24) is 0 Å². The van der Waals surface area contributed by atoms with Gasteiger partial charge >= 0.3 is 19.8 Å². The summed E-state index contributed by atoms with van der Waals surface area (Å²) in [5.74, 6) is -0.804. The van der Waals surface area contributed by atoms with Gasteiger partial charge in [0, 0.05) is 12.8 Å². The number of unbranched alkanes of at least 4 members (excludes halogenated alkanes) is 32. The van der Waals surface area contributed by atoms with Crippen molar-refractivity contribution in [3.05, 3.63) is 97.2 Å². The van der Waals surface area contributed by atoms with Crippen molar-refractivity contribution in [3.8, 4) is 0 Å². The quantitative estimate of drug-likeness (QED) is 0.0211. The lowest BCUT2D eigenvalue weighted by molar-refractivity contribution is -0.870. The molecule has 0 aliphatic heterocycles. The summed E-state index contributed by atoms with van der Waals surface area (Å²) >= 11 is 0. The standard InChI is InChI=1S/C72H128NO8P/c1-6-8-10-12-14-16-18-20-22-24-26-27-28-29-30-31-32-33-34-35-36-37-38-39-40-41-42-43-44-45-47-49-51-53-55-57-59-61-63-65-72(75)81-70(69-80-82(76,77)79-67-66-73(3,4)5)68-78-71(74)64-62-60-58-56-54-52-50-48-46-25-23-21-19-17-15-13-11-9-7-2/h8,10,14-17,20-23,26-27,29-30,46,48,70H,6-7,9,11-13,18-19,24-25,28,31-45,47,49-69H2,1-5H3/p+1/b10-8-,16-14-,17-15-,22-20-,23-21-,27-26-,30-29-,48-46-. The van der Waals surface area contributed by atoms with E-state index in [4.69, 9.17) is 18.5 Å². The molecule has 0 aliphatic carbocycles. The second-order valence-corrected chi connectivity index (χ2v) is 25.3. The van der Waals surface area contributed by atoms with E-state index in [0.717, 1.165) is 89.9 Å². The number of phosphoric acid groups is 1. The molecule has 0 heterocycles. The summed E-state index contributed by atoms with van der Waals surface area (Å²) in [6.07, 6.45) is 86.6. The van der Waals surface area contributed by atoms with Gasteiger partial charge in [-0.2, -0.15) is 0 Å². The van der Waals surface area contributed by atoms with Crippen LogP contribution in [-0.2, 0) is 32.7 Å². The highest BCUT2D eigenvalue weighted by Gasteiger charge is 2.27. The van der Waals surface area contributed by atoms with Gasteiger partial charge in [0.25, 0.3) is 0 Å². The molecular formula is C72H129NO8P+. The first-order chi connectivity index (χ1) is 40.0. The molecule has 0 rings (SSSR count). The van der Waals surface area contributed by atoms with E-state index in [0.29, 0.717) is 17.4 Å². The number of carbonyl (C=O) groups excluding carboxylic acids is 2. The van der Waals surface area contributed by atoms with Crippen LogP contribution in [0.2, 0.25) is 0 Å². The first kappa shape index (κ1) is 78.9. The molecule has 0 saturated heterocycles. The molecule has 0 amide bonds. The molecule has 9 nitrogen and oxygen atoms in total. The molecule has 0 radical (unpaired) electrons. The Kier molecular flexibility index (Phi) is 60.1. The lowest BCUT2D eigenvalue weighted by Gasteiger charge is -2.24. The van der Waals surface area contributed by atoms with Gasteiger partial charge in [-0.05, 0) is 96.3 Å². The summed E-state index contributed by atoms with van der Waals surface area (Å²) in [7, 11) is 1.47. The van der Waals surface area contributed by atoms with Gasteiger partial charge in [-0.1, -0.05) is 284 Å². The third kappa shape index (κ3) is 66.1. The lowest BCUT2D eigenvalue weighted by Crippen LogP contribution is -2.37. The number of nitrogens with zero attached hydrogens (tertiary/aromatic N) is 1. The van der Waals surface area contributed by atoms with Crippen molar-refractivity contribution >= 4 is 19.8 Å². The maximum absolute atomic E-state index is 12.9. The summed E-state index contributed by atoms with van der Waals surface area (Å²) in [5, 5.41) is 0. The fraction of sp³-hybridized carbons (Fsp3) is 0.750. The lowest BCUT2D eigenvalue weighted by atomic mass is 10.0. The van der Waals surface area contributed by atoms with E-state index in [-0.39, 0.29) is 32.0 Å². The minimum absolute atomic E-state index is 0.0277. The summed E-state index contributed by atoms with van der Waals surface area (Å²) in [6.45, 7) is 4.30. The normalized spacial score (nSPS) is 13.8. The third-order valence-electron chi connectivity index (χ3n) is 14.6. The minimum Gasteiger partial charge on any atom is -0.462 e. The van der Waals surface area contributed by atoms with E-state index in [2.05, 4.69) is 111 Å². The van der Waals surface area contributed by atoms with E-state index in [1.54, 1.807) is 0 Å². The number of allylic oxidation sites excluding steroid dienone is 16. The molecule has 82 heavy (non-hydrogen) atoms. The van der Waals surface area contributed by atoms with Crippen molar-refractivity contribution in [1.29, 1.82) is 0 Å². The van der Waals surface area contributed by atoms with Crippen LogP contribution in [0.5, 0.6) is 0 Å². The van der Waals surface area contributed by atoms with Crippen LogP contribution in [0.25, 0.3) is 0 Å². The summed E-state index contributed by atoms with van der Waals surface area (Å²) in [6, 6.07) is 0. The second-order valence-electron chi connectivity index (χ2n) is 23.8. The van der Waals surface area contributed by atoms with Crippen LogP contribution in [0, 0.1) is 0 Å². The number of likely N-dealkylation sites (N-methyl/N-ethyl adjacent to an activating group) is 1. The van der Waals surface area contributed by atoms with Crippen LogP contribution in [0.3, 0.4) is 0 Å². The summed E-state index contributed by atoms with van der Waals surface area (Å²) in [5.41, 5.74) is 0. The Morgan fingerprint density at radius 1 is 0.390 bits per heavy atom. The molecule has 0 aromatic carbocycles. The summed E-state index contributed by atoms with van der Waals surface area (Å²) < 4.78 is 34.6. The van der Waals surface area contributed by atoms with E-state index in [1.807, 2.05) is 21.1 Å². The molecular weight excluding hydrogens is 1040 g/mol. The molecule has 0 aliphatic rings. The second kappa shape index (κ2) is 62.5. The SMILES string of the molecule is CC/C=C\C/C=C\C/C=C\C/C=C\C/C=C\CCCCCCCCCCCCCCCCCCCCCCCCCC(=O)OC(COC(=O)CCCCCCCC/C=C\C/C=C\C/C=C\CCCCC)COP(=O)(O)OCC[N+](C)(C)C. The largest absolute Gasteiger partial charge is 0.472 e. The predicted octanol–water partition coefficient (Wildman–Crippen LogP) is 21.9. The molecule has 0 aromatic rings. The molecule has 2 atom stereocenters. The van der Waals surface area contributed by atoms with E-state index in [9.17, 15) is 19.0 Å². The van der Waals surface area contributed by atoms with Crippen molar-refractivity contribution in [2.24, 2.45) is 0 Å². The number of quaternary nitrogens is 1. The number of ether oxygens (including phenoxy) is 2. The van der Waals surface area contributed by atoms with Gasteiger partial charge in [-0.15, -0.1) is 0 Å². The predicted molar refractivity (Wildman–Crippen MR) is 353 cm³/mol. The molecule has 0 saturated carbocycles. The molecule has 0 bridgehead atoms. The van der Waals surface area contributed by atoms with Crippen LogP contribution >= 0.6 is 7.82 Å². The molecule has 0 fully saturated rings. The minimum atomic E-state index is -4.39. The Bertz CT molecular complexity index is 1710. The van der Waals surface area contributed by atoms with Gasteiger partial charge in [0.05, 0.1) is 27.7 Å². The zero-order valence-electron chi connectivity index (χ0n) is 54.0. The Balaban J connectivity index is 3.97. The molecule has 10 heteroatoms. The van der Waals surface area contributed by atoms with Crippen LogP contribution < -0.4 is 0 Å². The fourth-order valence-electron chi connectivity index (χ4n) is 9.40. The van der Waals surface area contributed by atoms with Crippen molar-refractivity contribution in [2.45, 2.75) is 302 Å². The van der Waals surface area contributed by atoms with Crippen molar-refractivity contribution < 1.29 is 42.1 Å². The molecule has 474 valence electrons. The number of rotatable bonds is 62. The summed E-state index contributed by atoms with van der Waals surface area (Å²) in [4.78, 5) is 35.8. The Labute approximate surface area is 506 Å². The van der Waals surface area contributed by atoms with Crippen LogP contribution in [0.4, 0.5) is 0 Å². The number of carbonyl (C=O) groups is 2. The number of esters is 2. The van der Waals surface area contributed by atoms with Crippen LogP contribution in [0.1, 0.15) is 296 Å². The first-order valence-electron chi connectivity index (χ1n) is 34.0. The van der Waals surface area contributed by atoms with E-state index >= 15 is 0 Å². The highest BCUT2D eigenvalue weighted by Crippen LogP contribution is 2.43. The molecule has 2 unspecified atom stereocenters. The smallest absolute Gasteiger partial charge is 0.462 e. The molecule has 0 spiro atoms. The van der Waals surface area contributed by atoms with Gasteiger partial charge in [-0.25, -0.2) is 4.57 Å². The highest BCUT2D eigenvalue weighted by molar-refractivity contribution is 7.47. The van der Waals surface area contributed by atoms with Gasteiger partial charge in [0.2, 0.25) is 0 Å². The number of hydrogen-bond donors (Lipinski definition) is 1. The average Bonchev–Trinajstić information content (AvgIpc) is 3.46. The monoisotopic (exact) mass is 1170 g/mol. The van der Waals surface area contributed by atoms with E-state index < -0.39 is 26.5 Å². The van der Waals surface area contributed by atoms with Gasteiger partial charge in [-0.3, -0.25) is 18.6 Å². The molecule has 0 aromatic heterocycles. The third-order valence-corrected chi connectivity index (χ3v) is 15.6. The van der Waals surface area contributed by atoms with Gasteiger partial charge < -0.3 is 18.9 Å². The van der Waals surface area contributed by atoms with Crippen LogP contribution in [0.15, 0.2) is 97.2 Å². The van der Waals surface area contributed by atoms with E-state index in [1.165, 1.54) is 173 Å². The average molecular weight is 1170 g/mol. The van der Waals surface area contributed by atoms with Crippen molar-refractivity contribution in [2.75, 3.05) is 47.5 Å². The number of phosphoric ester groups is 1. The maximum atomic E-state index is 12.9. The first-order valence-corrected chi connectivity index (χ1v) is 35.5. The topological polar surface area (TPSA) is 108 Å². The highest BCUT2D eigenvalue weighted by atomic mass is 31.2. The zero-order chi connectivity index (χ0) is 59.8. The van der Waals surface area contributed by atoms with Crippen molar-refractivity contribution in [3.63, 3.8) is 0 Å². The maximum Gasteiger partial charge on any atom is 0.472 e. The zero-order valence-corrected chi connectivity index (χ0v) is 54.8. The Morgan fingerprint density at radius 3 is 1.04 bits per heavy atom.